The van der Waals surface area contributed by atoms with Crippen molar-refractivity contribution >= 4 is 11.8 Å². The molecule has 1 aliphatic carbocycles. The minimum absolute atomic E-state index is 0.0103. The molecule has 1 spiro atoms. The zero-order valence-electron chi connectivity index (χ0n) is 18.6. The van der Waals surface area contributed by atoms with Crippen LogP contribution >= 0.6 is 0 Å². The molecule has 5 aliphatic rings. The number of nitrogens with zero attached hydrogens (tertiary/aromatic N) is 1. The van der Waals surface area contributed by atoms with E-state index < -0.39 is 17.2 Å². The van der Waals surface area contributed by atoms with Crippen LogP contribution in [0.1, 0.15) is 56.4 Å². The van der Waals surface area contributed by atoms with E-state index in [0.29, 0.717) is 31.7 Å². The van der Waals surface area contributed by atoms with Crippen LogP contribution in [-0.4, -0.2) is 67.4 Å². The monoisotopic (exact) mass is 464 g/mol. The molecule has 0 aromatic heterocycles. The molecule has 0 unspecified atom stereocenters. The second kappa shape index (κ2) is 9.18. The fourth-order valence-electron chi connectivity index (χ4n) is 5.91. The molecule has 2 amide bonds. The highest BCUT2D eigenvalue weighted by atomic mass is 19.1. The van der Waals surface area contributed by atoms with E-state index >= 15 is 0 Å². The summed E-state index contributed by atoms with van der Waals surface area (Å²) in [7, 11) is 0. The Hall–Kier alpha value is -2.26. The number of carbonyl (C=O) groups is 2. The first-order valence-electron chi connectivity index (χ1n) is 11.9. The van der Waals surface area contributed by atoms with Crippen molar-refractivity contribution in [2.24, 2.45) is 0 Å². The van der Waals surface area contributed by atoms with Crippen molar-refractivity contribution in [2.45, 2.75) is 68.5 Å². The molecule has 1 N–H and O–H groups in total. The number of morpholine rings is 1. The van der Waals surface area contributed by atoms with E-state index in [4.69, 9.17) is 14.2 Å². The highest BCUT2D eigenvalue weighted by Gasteiger charge is 2.49. The third-order valence-electron chi connectivity index (χ3n) is 7.54. The van der Waals surface area contributed by atoms with E-state index in [0.717, 1.165) is 38.2 Å². The Morgan fingerprint density at radius 3 is 2.73 bits per heavy atom. The number of amides is 2. The van der Waals surface area contributed by atoms with Gasteiger partial charge in [-0.3, -0.25) is 9.59 Å². The Labute approximate surface area is 191 Å². The molecule has 1 aromatic rings. The summed E-state index contributed by atoms with van der Waals surface area (Å²) in [5, 5.41) is 3.10. The van der Waals surface area contributed by atoms with Crippen molar-refractivity contribution in [2.75, 3.05) is 33.0 Å². The Bertz CT molecular complexity index is 916. The molecule has 1 aromatic carbocycles. The molecule has 180 valence electrons. The van der Waals surface area contributed by atoms with Gasteiger partial charge in [0.25, 0.3) is 0 Å². The highest BCUT2D eigenvalue weighted by molar-refractivity contribution is 5.80. The lowest BCUT2D eigenvalue weighted by Crippen LogP contribution is -2.72. The van der Waals surface area contributed by atoms with Gasteiger partial charge in [0, 0.05) is 18.2 Å². The van der Waals surface area contributed by atoms with E-state index in [1.165, 1.54) is 6.07 Å². The largest absolute Gasteiger partial charge is 0.490 e. The molecular formula is C24H30F2N2O5. The van der Waals surface area contributed by atoms with Crippen LogP contribution in [0.2, 0.25) is 0 Å². The van der Waals surface area contributed by atoms with Gasteiger partial charge in [-0.05, 0) is 50.5 Å². The Kier molecular flexibility index (Phi) is 6.26. The van der Waals surface area contributed by atoms with Crippen molar-refractivity contribution in [1.82, 2.24) is 10.2 Å². The number of piperidine rings is 1. The minimum atomic E-state index is -0.736. The first-order chi connectivity index (χ1) is 15.9. The second-order valence-electron chi connectivity index (χ2n) is 9.61. The smallest absolute Gasteiger partial charge is 0.246 e. The molecule has 4 heterocycles. The van der Waals surface area contributed by atoms with Crippen molar-refractivity contribution in [3.8, 4) is 5.75 Å². The van der Waals surface area contributed by atoms with E-state index in [1.807, 2.05) is 0 Å². The van der Waals surface area contributed by atoms with E-state index in [1.54, 1.807) is 4.90 Å². The average Bonchev–Trinajstić information content (AvgIpc) is 2.79. The average molecular weight is 465 g/mol. The van der Waals surface area contributed by atoms with E-state index in [9.17, 15) is 18.4 Å². The fraction of sp³-hybridized carbons (Fsp3) is 0.667. The number of ether oxygens (including phenoxy) is 3. The third-order valence-corrected chi connectivity index (χ3v) is 7.54. The van der Waals surface area contributed by atoms with E-state index in [-0.39, 0.29) is 55.3 Å². The summed E-state index contributed by atoms with van der Waals surface area (Å²) in [4.78, 5) is 27.2. The number of nitrogens with one attached hydrogen (secondary N) is 1. The summed E-state index contributed by atoms with van der Waals surface area (Å²) in [6.07, 6.45) is 4.45. The quantitative estimate of drug-likeness (QED) is 0.639. The maximum Gasteiger partial charge on any atom is 0.246 e. The van der Waals surface area contributed by atoms with Gasteiger partial charge in [-0.1, -0.05) is 0 Å². The molecule has 7 nitrogen and oxygen atoms in total. The van der Waals surface area contributed by atoms with Gasteiger partial charge in [0.1, 0.15) is 12.4 Å². The molecule has 4 aliphatic heterocycles. The highest BCUT2D eigenvalue weighted by Crippen LogP contribution is 2.41. The molecule has 2 bridgehead atoms. The van der Waals surface area contributed by atoms with E-state index in [2.05, 4.69) is 5.32 Å². The minimum Gasteiger partial charge on any atom is -0.490 e. The summed E-state index contributed by atoms with van der Waals surface area (Å²) in [6, 6.07) is 1.84. The zero-order chi connectivity index (χ0) is 23.0. The Balaban J connectivity index is 1.44. The second-order valence-corrected chi connectivity index (χ2v) is 9.61. The van der Waals surface area contributed by atoms with Crippen molar-refractivity contribution in [1.29, 1.82) is 0 Å². The lowest BCUT2D eigenvalue weighted by atomic mass is 9.80. The molecule has 3 fully saturated rings. The molecule has 2 saturated heterocycles. The van der Waals surface area contributed by atoms with Crippen LogP contribution in [0.5, 0.6) is 5.75 Å². The number of hydrogen-bond acceptors (Lipinski definition) is 5. The van der Waals surface area contributed by atoms with Crippen molar-refractivity contribution in [3.63, 3.8) is 0 Å². The number of rotatable bonds is 0. The third kappa shape index (κ3) is 4.45. The fourth-order valence-corrected chi connectivity index (χ4v) is 5.91. The number of benzene rings is 1. The topological polar surface area (TPSA) is 77.1 Å². The predicted octanol–water partition coefficient (Wildman–Crippen LogP) is 2.67. The predicted molar refractivity (Wildman–Crippen MR) is 114 cm³/mol. The molecule has 6 rings (SSSR count). The van der Waals surface area contributed by atoms with Gasteiger partial charge in [0.2, 0.25) is 11.8 Å². The van der Waals surface area contributed by atoms with Crippen LogP contribution in [0.15, 0.2) is 12.1 Å². The van der Waals surface area contributed by atoms with Crippen LogP contribution < -0.4 is 10.1 Å². The normalized spacial score (nSPS) is 33.0. The first-order valence-corrected chi connectivity index (χ1v) is 11.9. The van der Waals surface area contributed by atoms with Gasteiger partial charge in [0.05, 0.1) is 43.9 Å². The summed E-state index contributed by atoms with van der Waals surface area (Å²) in [5.41, 5.74) is -0.137. The van der Waals surface area contributed by atoms with Crippen LogP contribution in [-0.2, 0) is 19.1 Å². The summed E-state index contributed by atoms with van der Waals surface area (Å²) < 4.78 is 46.3. The standard InChI is InChI=1S/C24H30F2N2O5/c25-16-10-18-15-2-4-17(5-3-15)33-12-20-24(14-31-13-21(29)27-24)7-1-8-28(20)22(30)6-9-32-23(18)19(26)11-16/h10-11,15,17,20H,1-9,12-14H2,(H,27,29)/t15?,17?,20-,24+/m1/s1. The van der Waals surface area contributed by atoms with Crippen molar-refractivity contribution in [3.05, 3.63) is 29.3 Å². The Morgan fingerprint density at radius 2 is 1.94 bits per heavy atom. The number of halogens is 2. The summed E-state index contributed by atoms with van der Waals surface area (Å²) >= 11 is 0. The zero-order valence-corrected chi connectivity index (χ0v) is 18.6. The van der Waals surface area contributed by atoms with Gasteiger partial charge in [-0.2, -0.15) is 0 Å². The lowest BCUT2D eigenvalue weighted by Gasteiger charge is -2.51. The van der Waals surface area contributed by atoms with Crippen molar-refractivity contribution < 1.29 is 32.6 Å². The maximum atomic E-state index is 14.6. The Morgan fingerprint density at radius 1 is 1.12 bits per heavy atom. The summed E-state index contributed by atoms with van der Waals surface area (Å²) in [6.45, 7) is 1.21. The number of hydrogen-bond donors (Lipinski definition) is 1. The first kappa shape index (κ1) is 22.5. The van der Waals surface area contributed by atoms with Gasteiger partial charge in [-0.25, -0.2) is 8.78 Å². The SMILES string of the molecule is O=C1COC[C@]2(CCCN3C(=O)CCOc4c(F)cc(F)cc4C4CCC(CC4)OC[C@@H]32)N1. The molecule has 33 heavy (non-hydrogen) atoms. The summed E-state index contributed by atoms with van der Waals surface area (Å²) in [5.74, 6) is -1.66. The number of fused-ring (bicyclic) bond motifs is 6. The van der Waals surface area contributed by atoms with Gasteiger partial charge in [0.15, 0.2) is 11.6 Å². The van der Waals surface area contributed by atoms with Crippen LogP contribution in [0.25, 0.3) is 0 Å². The van der Waals surface area contributed by atoms with Gasteiger partial charge in [-0.15, -0.1) is 0 Å². The molecule has 2 atom stereocenters. The molecule has 0 radical (unpaired) electrons. The molecule has 1 saturated carbocycles. The maximum absolute atomic E-state index is 14.6. The van der Waals surface area contributed by atoms with Crippen LogP contribution in [0, 0.1) is 11.6 Å². The number of carbonyl (C=O) groups excluding carboxylic acids is 2. The van der Waals surface area contributed by atoms with Crippen LogP contribution in [0.3, 0.4) is 0 Å². The van der Waals surface area contributed by atoms with Crippen LogP contribution in [0.4, 0.5) is 8.78 Å². The molecular weight excluding hydrogens is 434 g/mol. The molecule has 9 heteroatoms. The lowest BCUT2D eigenvalue weighted by molar-refractivity contribution is -0.155. The van der Waals surface area contributed by atoms with Gasteiger partial charge < -0.3 is 24.4 Å². The van der Waals surface area contributed by atoms with Gasteiger partial charge >= 0.3 is 0 Å².